The lowest BCUT2D eigenvalue weighted by atomic mass is 10.0. The first kappa shape index (κ1) is 16.5. The molecule has 0 bridgehead atoms. The van der Waals surface area contributed by atoms with Gasteiger partial charge in [-0.3, -0.25) is 4.79 Å². The molecule has 0 aliphatic heterocycles. The number of aryl methyl sites for hydroxylation is 1. The van der Waals surface area contributed by atoms with E-state index < -0.39 is 20.6 Å². The minimum Gasteiger partial charge on any atom is -0.508 e. The van der Waals surface area contributed by atoms with Crippen LogP contribution in [0.3, 0.4) is 0 Å². The van der Waals surface area contributed by atoms with Crippen molar-refractivity contribution in [3.8, 4) is 5.75 Å². The van der Waals surface area contributed by atoms with Crippen LogP contribution in [-0.2, 0) is 25.8 Å². The highest BCUT2D eigenvalue weighted by atomic mass is 32.2. The number of phenolic OH excluding ortho intramolecular Hbond substituents is 1. The van der Waals surface area contributed by atoms with Gasteiger partial charge in [-0.15, -0.1) is 0 Å². The smallest absolute Gasteiger partial charge is 0.327 e. The molecule has 1 N–H and O–H groups in total. The normalized spacial score (nSPS) is 14.6. The van der Waals surface area contributed by atoms with Crippen molar-refractivity contribution in [3.63, 3.8) is 0 Å². The van der Waals surface area contributed by atoms with E-state index in [9.17, 15) is 18.3 Å². The third-order valence-corrected chi connectivity index (χ3v) is 5.36. The number of esters is 1. The summed E-state index contributed by atoms with van der Waals surface area (Å²) in [4.78, 5) is 11.9. The molecule has 0 aliphatic carbocycles. The minimum absolute atomic E-state index is 0.134. The number of carbonyl (C=O) groups excluding carboxylic acids is 1. The van der Waals surface area contributed by atoms with Crippen LogP contribution in [0.5, 0.6) is 5.75 Å². The van der Waals surface area contributed by atoms with E-state index >= 15 is 0 Å². The van der Waals surface area contributed by atoms with Gasteiger partial charge in [0, 0.05) is 6.26 Å². The standard InChI is InChI=1S/C14H20O5S/c1-4-19-13(16)14(2,20(3,17)18)10-9-11-5-7-12(15)8-6-11/h5-8,15H,4,9-10H2,1-3H3. The first-order valence-electron chi connectivity index (χ1n) is 6.35. The van der Waals surface area contributed by atoms with Gasteiger partial charge in [0.15, 0.2) is 14.6 Å². The average molecular weight is 300 g/mol. The summed E-state index contributed by atoms with van der Waals surface area (Å²) in [6.45, 7) is 3.17. The maximum atomic E-state index is 11.9. The molecule has 6 heteroatoms. The second kappa shape index (κ2) is 6.26. The monoisotopic (exact) mass is 300 g/mol. The van der Waals surface area contributed by atoms with E-state index in [4.69, 9.17) is 4.74 Å². The Morgan fingerprint density at radius 1 is 1.30 bits per heavy atom. The highest BCUT2D eigenvalue weighted by molar-refractivity contribution is 7.92. The van der Waals surface area contributed by atoms with E-state index in [-0.39, 0.29) is 18.8 Å². The number of ether oxygens (including phenoxy) is 1. The molecule has 0 amide bonds. The zero-order chi connectivity index (χ0) is 15.4. The Morgan fingerprint density at radius 2 is 1.85 bits per heavy atom. The number of aromatic hydroxyl groups is 1. The van der Waals surface area contributed by atoms with Gasteiger partial charge >= 0.3 is 5.97 Å². The van der Waals surface area contributed by atoms with E-state index in [0.717, 1.165) is 11.8 Å². The van der Waals surface area contributed by atoms with Crippen molar-refractivity contribution in [1.82, 2.24) is 0 Å². The quantitative estimate of drug-likeness (QED) is 0.809. The Morgan fingerprint density at radius 3 is 2.30 bits per heavy atom. The van der Waals surface area contributed by atoms with Gasteiger partial charge in [-0.1, -0.05) is 12.1 Å². The van der Waals surface area contributed by atoms with Crippen molar-refractivity contribution in [2.45, 2.75) is 31.4 Å². The SMILES string of the molecule is CCOC(=O)C(C)(CCc1ccc(O)cc1)S(C)(=O)=O. The van der Waals surface area contributed by atoms with E-state index in [1.54, 1.807) is 19.1 Å². The summed E-state index contributed by atoms with van der Waals surface area (Å²) in [7, 11) is -3.59. The highest BCUT2D eigenvalue weighted by Crippen LogP contribution is 2.25. The van der Waals surface area contributed by atoms with Crippen LogP contribution in [-0.4, -0.2) is 37.1 Å². The molecule has 1 rings (SSSR count). The van der Waals surface area contributed by atoms with E-state index in [1.807, 2.05) is 0 Å². The lowest BCUT2D eigenvalue weighted by molar-refractivity contribution is -0.146. The van der Waals surface area contributed by atoms with Crippen molar-refractivity contribution in [2.75, 3.05) is 12.9 Å². The molecule has 0 saturated carbocycles. The number of hydrogen-bond acceptors (Lipinski definition) is 5. The molecule has 0 radical (unpaired) electrons. The number of sulfone groups is 1. The average Bonchev–Trinajstić information content (AvgIpc) is 2.36. The molecule has 0 saturated heterocycles. The predicted octanol–water partition coefficient (Wildman–Crippen LogP) is 1.69. The number of benzene rings is 1. The van der Waals surface area contributed by atoms with Crippen LogP contribution in [0, 0.1) is 0 Å². The third kappa shape index (κ3) is 3.72. The molecule has 1 unspecified atom stereocenters. The summed E-state index contributed by atoms with van der Waals surface area (Å²) in [5.74, 6) is -0.578. The van der Waals surface area contributed by atoms with Crippen molar-refractivity contribution in [2.24, 2.45) is 0 Å². The van der Waals surface area contributed by atoms with Crippen LogP contribution in [0.15, 0.2) is 24.3 Å². The van der Waals surface area contributed by atoms with Crippen LogP contribution < -0.4 is 0 Å². The number of phenols is 1. The molecule has 0 aromatic heterocycles. The van der Waals surface area contributed by atoms with Crippen LogP contribution in [0.1, 0.15) is 25.8 Å². The Balaban J connectivity index is 2.91. The molecule has 0 fully saturated rings. The Bertz CT molecular complexity index is 562. The number of hydrogen-bond donors (Lipinski definition) is 1. The zero-order valence-electron chi connectivity index (χ0n) is 11.9. The summed E-state index contributed by atoms with van der Waals surface area (Å²) >= 11 is 0. The summed E-state index contributed by atoms with van der Waals surface area (Å²) in [6.07, 6.45) is 1.58. The van der Waals surface area contributed by atoms with Gasteiger partial charge in [-0.25, -0.2) is 8.42 Å². The maximum Gasteiger partial charge on any atom is 0.327 e. The van der Waals surface area contributed by atoms with Crippen LogP contribution in [0.25, 0.3) is 0 Å². The van der Waals surface area contributed by atoms with Gasteiger partial charge in [0.25, 0.3) is 0 Å². The molecule has 1 aromatic rings. The fraction of sp³-hybridized carbons (Fsp3) is 0.500. The summed E-state index contributed by atoms with van der Waals surface area (Å²) in [5.41, 5.74) is 0.849. The molecule has 5 nitrogen and oxygen atoms in total. The minimum atomic E-state index is -3.59. The predicted molar refractivity (Wildman–Crippen MR) is 76.3 cm³/mol. The van der Waals surface area contributed by atoms with Crippen molar-refractivity contribution >= 4 is 15.8 Å². The van der Waals surface area contributed by atoms with Gasteiger partial charge in [-0.05, 0) is 44.4 Å². The van der Waals surface area contributed by atoms with Crippen LogP contribution >= 0.6 is 0 Å². The summed E-state index contributed by atoms with van der Waals surface area (Å²) in [6, 6.07) is 6.45. The van der Waals surface area contributed by atoms with Crippen molar-refractivity contribution in [3.05, 3.63) is 29.8 Å². The molecular weight excluding hydrogens is 280 g/mol. The third-order valence-electron chi connectivity index (χ3n) is 3.35. The van der Waals surface area contributed by atoms with E-state index in [0.29, 0.717) is 6.42 Å². The lowest BCUT2D eigenvalue weighted by Gasteiger charge is -2.25. The first-order valence-corrected chi connectivity index (χ1v) is 8.24. The molecular formula is C14H20O5S. The Hall–Kier alpha value is -1.56. The molecule has 0 spiro atoms. The van der Waals surface area contributed by atoms with Crippen molar-refractivity contribution < 1.29 is 23.1 Å². The Labute approximate surface area is 119 Å². The van der Waals surface area contributed by atoms with Gasteiger partial charge in [0.05, 0.1) is 6.61 Å². The van der Waals surface area contributed by atoms with Crippen LogP contribution in [0.2, 0.25) is 0 Å². The molecule has 0 aliphatic rings. The van der Waals surface area contributed by atoms with Gasteiger partial charge in [-0.2, -0.15) is 0 Å². The summed E-state index contributed by atoms with van der Waals surface area (Å²) in [5, 5.41) is 9.20. The maximum absolute atomic E-state index is 11.9. The lowest BCUT2D eigenvalue weighted by Crippen LogP contribution is -2.44. The van der Waals surface area contributed by atoms with E-state index in [1.165, 1.54) is 19.1 Å². The van der Waals surface area contributed by atoms with Crippen LogP contribution in [0.4, 0.5) is 0 Å². The molecule has 1 atom stereocenters. The summed E-state index contributed by atoms with van der Waals surface area (Å²) < 4.78 is 27.1. The topological polar surface area (TPSA) is 80.7 Å². The van der Waals surface area contributed by atoms with Gasteiger partial charge < -0.3 is 9.84 Å². The molecule has 112 valence electrons. The first-order chi connectivity index (χ1) is 9.20. The zero-order valence-corrected chi connectivity index (χ0v) is 12.7. The molecule has 0 heterocycles. The fourth-order valence-corrected chi connectivity index (χ4v) is 2.60. The molecule has 1 aromatic carbocycles. The van der Waals surface area contributed by atoms with E-state index in [2.05, 4.69) is 0 Å². The van der Waals surface area contributed by atoms with Gasteiger partial charge in [0.2, 0.25) is 0 Å². The largest absolute Gasteiger partial charge is 0.508 e. The number of carbonyl (C=O) groups is 1. The van der Waals surface area contributed by atoms with Gasteiger partial charge in [0.1, 0.15) is 5.75 Å². The highest BCUT2D eigenvalue weighted by Gasteiger charge is 2.44. The fourth-order valence-electron chi connectivity index (χ4n) is 1.77. The van der Waals surface area contributed by atoms with Crippen molar-refractivity contribution in [1.29, 1.82) is 0 Å². The second-order valence-corrected chi connectivity index (χ2v) is 7.34. The Kier molecular flexibility index (Phi) is 5.16. The number of rotatable bonds is 6. The molecule has 20 heavy (non-hydrogen) atoms. The second-order valence-electron chi connectivity index (χ2n) is 4.89.